The van der Waals surface area contributed by atoms with Gasteiger partial charge < -0.3 is 63.9 Å². The Morgan fingerprint density at radius 3 is 0.939 bits per heavy atom. The number of aromatic nitrogens is 12. The molecule has 15 N–H and O–H groups in total. The molecule has 8 aromatic rings. The molecule has 0 aromatic carbocycles. The molecule has 114 heavy (non-hydrogen) atoms. The van der Waals surface area contributed by atoms with E-state index in [0.29, 0.717) is 21.9 Å². The van der Waals surface area contributed by atoms with Crippen LogP contribution >= 0.6 is 87.1 Å². The fourth-order valence-electron chi connectivity index (χ4n) is 11.3. The maximum absolute atomic E-state index is 13.4. The van der Waals surface area contributed by atoms with E-state index in [0.717, 1.165) is 0 Å². The predicted molar refractivity (Wildman–Crippen MR) is 444 cm³/mol. The first-order chi connectivity index (χ1) is 51.4. The van der Waals surface area contributed by atoms with Crippen molar-refractivity contribution in [3.8, 4) is 0 Å². The molecule has 0 radical (unpaired) electrons. The largest absolute Gasteiger partial charge is 0.444 e. The number of carbonyl (C=O) groups excluding carboxylic acids is 6. The summed E-state index contributed by atoms with van der Waals surface area (Å²) < 4.78 is 16.1. The molecule has 8 aromatic heterocycles. The molecule has 0 saturated carbocycles. The summed E-state index contributed by atoms with van der Waals surface area (Å²) in [5, 5.41) is 25.7. The zero-order valence-electron chi connectivity index (χ0n) is 65.6. The summed E-state index contributed by atoms with van der Waals surface area (Å²) in [7, 11) is 0. The van der Waals surface area contributed by atoms with Crippen LogP contribution in [0.25, 0.3) is 0 Å². The number of hydrogen-bond acceptors (Lipinski definition) is 26. The van der Waals surface area contributed by atoms with Crippen LogP contribution in [0, 0.1) is 16.2 Å². The highest BCUT2D eigenvalue weighted by Crippen LogP contribution is 2.44. The quantitative estimate of drug-likeness (QED) is 0.0672. The first-order valence-electron chi connectivity index (χ1n) is 34.1. The van der Waals surface area contributed by atoms with E-state index in [1.54, 1.807) is 76.2 Å². The lowest BCUT2D eigenvalue weighted by molar-refractivity contribution is 0.0624. The highest BCUT2D eigenvalue weighted by molar-refractivity contribution is 9.10. The fourth-order valence-corrected chi connectivity index (χ4v) is 12.9. The molecule has 3 unspecified atom stereocenters. The Morgan fingerprint density at radius 2 is 0.640 bits per heavy atom. The number of fused-ring (bicyclic) bond motifs is 4. The number of anilines is 11. The van der Waals surface area contributed by atoms with E-state index in [4.69, 9.17) is 73.1 Å². The Hall–Kier alpha value is -10.4. The van der Waals surface area contributed by atoms with Crippen molar-refractivity contribution < 1.29 is 38.2 Å². The number of halogens is 7. The molecule has 4 aliphatic heterocycles. The fraction of sp³-hybridized carbons (Fsp3) is 0.408. The van der Waals surface area contributed by atoms with Gasteiger partial charge in [-0.1, -0.05) is 109 Å². The van der Waals surface area contributed by atoms with Gasteiger partial charge in [-0.25, -0.2) is 49.5 Å². The number of pyridine rings is 4. The van der Waals surface area contributed by atoms with Crippen LogP contribution in [-0.2, 0) is 32.1 Å². The van der Waals surface area contributed by atoms with Crippen molar-refractivity contribution in [1.82, 2.24) is 79.4 Å². The number of nitrogens with one attached hydrogen (secondary N) is 9. The van der Waals surface area contributed by atoms with E-state index in [-0.39, 0.29) is 148 Å². The summed E-state index contributed by atoms with van der Waals surface area (Å²) in [4.78, 5) is 155. The summed E-state index contributed by atoms with van der Waals surface area (Å²) in [6, 6.07) is 11.5. The molecule has 0 saturated heterocycles. The maximum atomic E-state index is 13.4. The van der Waals surface area contributed by atoms with Crippen LogP contribution in [0.4, 0.5) is 73.2 Å². The molecule has 0 fully saturated rings. The van der Waals surface area contributed by atoms with E-state index >= 15 is 0 Å². The Morgan fingerprint density at radius 1 is 0.386 bits per heavy atom. The number of nitrogens with two attached hydrogens (primary N) is 3. The van der Waals surface area contributed by atoms with E-state index in [1.807, 2.05) is 62.3 Å². The minimum absolute atomic E-state index is 0. The molecule has 614 valence electrons. The smallest absolute Gasteiger partial charge is 0.413 e. The third-order valence-corrected chi connectivity index (χ3v) is 19.7. The van der Waals surface area contributed by atoms with Crippen molar-refractivity contribution in [2.24, 2.45) is 16.2 Å². The third-order valence-electron chi connectivity index (χ3n) is 18.0. The lowest BCUT2D eigenvalue weighted by atomic mass is 9.81. The molecular formula is C71H89BrCl6N24O12. The summed E-state index contributed by atoms with van der Waals surface area (Å²) in [6.45, 7) is 36.8. The summed E-state index contributed by atoms with van der Waals surface area (Å²) in [6.07, 6.45) is 3.82. The number of hydrogen-bond donors (Lipinski definition) is 12. The highest BCUT2D eigenvalue weighted by atomic mass is 79.9. The summed E-state index contributed by atoms with van der Waals surface area (Å²) in [5.41, 5.74) is 10.2. The van der Waals surface area contributed by atoms with Crippen LogP contribution in [0.5, 0.6) is 0 Å². The normalized spacial score (nSPS) is 17.3. The van der Waals surface area contributed by atoms with Gasteiger partial charge >= 0.3 is 12.2 Å². The van der Waals surface area contributed by atoms with Crippen molar-refractivity contribution in [2.75, 3.05) is 43.8 Å². The zero-order chi connectivity index (χ0) is 84.1. The standard InChI is InChI=1S/C21H27ClN6O4.2C16H19ClN6O2.C9H8BrClN2O2.C9H14N4O2.2ClH/c1-19(2,3)21(7)27-16(29)15-11(22)8-12(17(30)28(15)21)25-13-9-14(24-10-23-13)26-18(31)32-20(4,5)6;2*1-15(2,3)16(4)22-13(24)12-8(17)5-9(14(25)23(12)16)21-11-6-10(18)19-7-20-11;1-9(2)12-7(14)6-5(11)3-4(10)8(15)13(6)9;1-9(2,3)15-8(14)13-7-4-6(10)11-5-12-7;;/h8-10H,1-7H3,(H,27,29)(H2,23,24,25,26,31);2*5-7H,1-4H3,(H,22,24)(H3,18,19,20,21);3H,1-2H3,(H,12,14);4-5H,1-3H3,(H3,10,11,12,13,14);2*1H. The number of rotatable bonds is 8. The highest BCUT2D eigenvalue weighted by Gasteiger charge is 2.52. The van der Waals surface area contributed by atoms with Crippen LogP contribution in [0.15, 0.2) is 97.5 Å². The van der Waals surface area contributed by atoms with Gasteiger partial charge in [0.15, 0.2) is 0 Å². The van der Waals surface area contributed by atoms with Gasteiger partial charge in [0.25, 0.3) is 45.9 Å². The topological polar surface area (TPSA) is 498 Å². The minimum atomic E-state index is -0.993. The molecule has 36 nitrogen and oxygen atoms in total. The van der Waals surface area contributed by atoms with Crippen LogP contribution in [0.3, 0.4) is 0 Å². The Labute approximate surface area is 694 Å². The molecule has 0 spiro atoms. The van der Waals surface area contributed by atoms with E-state index in [1.165, 1.54) is 92.1 Å². The van der Waals surface area contributed by atoms with E-state index in [2.05, 4.69) is 104 Å². The van der Waals surface area contributed by atoms with Gasteiger partial charge in [0.2, 0.25) is 0 Å². The van der Waals surface area contributed by atoms with Crippen molar-refractivity contribution in [1.29, 1.82) is 0 Å². The second-order valence-electron chi connectivity index (χ2n) is 31.8. The predicted octanol–water partition coefficient (Wildman–Crippen LogP) is 12.0. The van der Waals surface area contributed by atoms with E-state index in [9.17, 15) is 47.9 Å². The van der Waals surface area contributed by atoms with Crippen molar-refractivity contribution in [3.63, 3.8) is 0 Å². The molecule has 4 aliphatic rings. The number of amides is 6. The molecule has 3 atom stereocenters. The average Bonchev–Trinajstić information content (AvgIpc) is 1.57. The average molecular weight is 1760 g/mol. The summed E-state index contributed by atoms with van der Waals surface area (Å²) >= 11 is 28.0. The number of carbonyl (C=O) groups is 6. The third kappa shape index (κ3) is 20.0. The molecule has 43 heteroatoms. The lowest BCUT2D eigenvalue weighted by Gasteiger charge is -2.40. The molecule has 12 rings (SSSR count). The first-order valence-corrected chi connectivity index (χ1v) is 36.4. The van der Waals surface area contributed by atoms with E-state index < -0.39 is 73.8 Å². The van der Waals surface area contributed by atoms with Gasteiger partial charge in [-0.3, -0.25) is 67.3 Å². The van der Waals surface area contributed by atoms with Crippen LogP contribution in [0.2, 0.25) is 20.1 Å². The van der Waals surface area contributed by atoms with Gasteiger partial charge in [-0.2, -0.15) is 0 Å². The van der Waals surface area contributed by atoms with Gasteiger partial charge in [-0.05, 0) is 116 Å². The number of nitrogen functional groups attached to an aromatic ring is 3. The SMILES string of the molecule is CC(C)(C)C1(C)NC(=O)c2c(Cl)cc(Nc3cc(N)ncn3)c(=O)n21.CC(C)(C)C1(C)NC(=O)c2c(Cl)cc(Nc3cc(N)ncn3)c(=O)n21.CC(C)(C)OC(=O)Nc1cc(N)ncn1.CC(C)(C)OC(=O)Nc1cc(Nc2cc(Cl)c3n(c2=O)C(C)(C(C)(C)C)NC3=O)ncn1.CC1(C)NC(=O)c2c(Cl)cc(Br)c(=O)n21.Cl.Cl. The van der Waals surface area contributed by atoms with Gasteiger partial charge in [0, 0.05) is 40.5 Å². The minimum Gasteiger partial charge on any atom is -0.444 e. The van der Waals surface area contributed by atoms with Crippen molar-refractivity contribution >= 4 is 187 Å². The van der Waals surface area contributed by atoms with Crippen LogP contribution in [-0.4, -0.2) is 105 Å². The lowest BCUT2D eigenvalue weighted by Crippen LogP contribution is -2.54. The molecule has 12 heterocycles. The zero-order valence-corrected chi connectivity index (χ0v) is 71.9. The van der Waals surface area contributed by atoms with Crippen LogP contribution in [0.1, 0.15) is 180 Å². The molecular weight excluding hydrogens is 1670 g/mol. The Kier molecular flexibility index (Phi) is 27.5. The monoisotopic (exact) mass is 1760 g/mol. The number of ether oxygens (including phenoxy) is 2. The number of nitrogens with zero attached hydrogens (tertiary/aromatic N) is 12. The summed E-state index contributed by atoms with van der Waals surface area (Å²) in [5.74, 6) is 0.781. The maximum Gasteiger partial charge on any atom is 0.413 e. The van der Waals surface area contributed by atoms with Crippen molar-refractivity contribution in [2.45, 2.75) is 172 Å². The Bertz CT molecular complexity index is 5230. The van der Waals surface area contributed by atoms with Crippen molar-refractivity contribution in [3.05, 3.63) is 163 Å². The second-order valence-corrected chi connectivity index (χ2v) is 34.2. The second kappa shape index (κ2) is 33.9. The molecule has 0 bridgehead atoms. The molecule has 0 aliphatic carbocycles. The molecule has 6 amide bonds. The van der Waals surface area contributed by atoms with Gasteiger partial charge in [-0.15, -0.1) is 24.8 Å². The first kappa shape index (κ1) is 92.4. The Balaban J connectivity index is 0.000000227. The van der Waals surface area contributed by atoms with Crippen LogP contribution < -0.4 is 87.3 Å². The van der Waals surface area contributed by atoms with Gasteiger partial charge in [0.1, 0.15) is 146 Å². The van der Waals surface area contributed by atoms with Gasteiger partial charge in [0.05, 0.1) is 24.6 Å².